The molecule has 2 aliphatic heterocycles. The van der Waals surface area contributed by atoms with E-state index in [1.807, 2.05) is 6.92 Å². The molecule has 11 nitrogen and oxygen atoms in total. The second-order valence-electron chi connectivity index (χ2n) is 8.56. The van der Waals surface area contributed by atoms with Crippen molar-refractivity contribution in [3.05, 3.63) is 35.9 Å². The Morgan fingerprint density at radius 2 is 1.91 bits per heavy atom. The number of ether oxygens (including phenoxy) is 1. The van der Waals surface area contributed by atoms with Crippen molar-refractivity contribution in [1.82, 2.24) is 19.8 Å². The van der Waals surface area contributed by atoms with Crippen LogP contribution in [0.4, 0.5) is 0 Å². The van der Waals surface area contributed by atoms with Crippen LogP contribution < -0.4 is 15.8 Å². The van der Waals surface area contributed by atoms with E-state index in [2.05, 4.69) is 10.0 Å². The second kappa shape index (κ2) is 11.6. The molecule has 0 spiro atoms. The smallest absolute Gasteiger partial charge is 0.241 e. The summed E-state index contributed by atoms with van der Waals surface area (Å²) in [5.41, 5.74) is 6.30. The second-order valence-corrected chi connectivity index (χ2v) is 10.3. The monoisotopic (exact) mass is 494 g/mol. The van der Waals surface area contributed by atoms with Crippen molar-refractivity contribution in [1.29, 1.82) is 5.41 Å². The maximum atomic E-state index is 12.9. The Morgan fingerprint density at radius 1 is 1.21 bits per heavy atom. The Bertz CT molecular complexity index is 973. The first-order chi connectivity index (χ1) is 16.2. The van der Waals surface area contributed by atoms with E-state index in [0.29, 0.717) is 44.5 Å². The zero-order valence-electron chi connectivity index (χ0n) is 19.4. The van der Waals surface area contributed by atoms with Crippen LogP contribution in [0, 0.1) is 5.41 Å². The van der Waals surface area contributed by atoms with Gasteiger partial charge in [-0.15, -0.1) is 0 Å². The standard InChI is InChI=1S/C22H34N6O5S/c1-2-33-21-18(11-7-13-28(21)22(23)24)25-19(29)14-27-12-6-10-17(20(27)30)26-34(31,32)15-16-8-4-3-5-9-16/h3-5,8-9,17-18,21,26H,2,6-7,10-15H2,1H3,(H3,23,24)(H,25,29). The van der Waals surface area contributed by atoms with Gasteiger partial charge in [0, 0.05) is 19.7 Å². The van der Waals surface area contributed by atoms with E-state index in [0.717, 1.165) is 6.42 Å². The van der Waals surface area contributed by atoms with Gasteiger partial charge in [-0.1, -0.05) is 30.3 Å². The number of likely N-dealkylation sites (tertiary alicyclic amines) is 2. The van der Waals surface area contributed by atoms with Gasteiger partial charge in [0.25, 0.3) is 0 Å². The number of hydrogen-bond acceptors (Lipinski definition) is 6. The van der Waals surface area contributed by atoms with Crippen molar-refractivity contribution >= 4 is 27.8 Å². The van der Waals surface area contributed by atoms with Crippen LogP contribution in [-0.4, -0.2) is 80.5 Å². The van der Waals surface area contributed by atoms with E-state index in [9.17, 15) is 18.0 Å². The van der Waals surface area contributed by atoms with E-state index < -0.39 is 28.2 Å². The number of nitrogens with one attached hydrogen (secondary N) is 3. The molecule has 1 aromatic rings. The number of piperidine rings is 2. The highest BCUT2D eigenvalue weighted by molar-refractivity contribution is 7.88. The summed E-state index contributed by atoms with van der Waals surface area (Å²) in [6.07, 6.45) is 1.82. The number of carbonyl (C=O) groups excluding carboxylic acids is 2. The molecule has 34 heavy (non-hydrogen) atoms. The third kappa shape index (κ3) is 6.90. The molecule has 0 saturated carbocycles. The topological polar surface area (TPSA) is 158 Å². The third-order valence-electron chi connectivity index (χ3n) is 5.95. The minimum atomic E-state index is -3.72. The largest absolute Gasteiger partial charge is 0.370 e. The zero-order valence-corrected chi connectivity index (χ0v) is 20.2. The fourth-order valence-corrected chi connectivity index (χ4v) is 5.80. The minimum Gasteiger partial charge on any atom is -0.370 e. The van der Waals surface area contributed by atoms with Crippen LogP contribution >= 0.6 is 0 Å². The maximum absolute atomic E-state index is 12.9. The molecular formula is C22H34N6O5S. The number of sulfonamides is 1. The highest BCUT2D eigenvalue weighted by atomic mass is 32.2. The van der Waals surface area contributed by atoms with Crippen molar-refractivity contribution in [2.75, 3.05) is 26.2 Å². The summed E-state index contributed by atoms with van der Waals surface area (Å²) in [5, 5.41) is 10.7. The van der Waals surface area contributed by atoms with E-state index in [1.165, 1.54) is 4.90 Å². The first kappa shape index (κ1) is 25.9. The number of benzene rings is 1. The summed E-state index contributed by atoms with van der Waals surface area (Å²) in [6, 6.07) is 7.49. The van der Waals surface area contributed by atoms with Gasteiger partial charge < -0.3 is 25.6 Å². The first-order valence-corrected chi connectivity index (χ1v) is 13.2. The zero-order chi connectivity index (χ0) is 24.7. The van der Waals surface area contributed by atoms with Crippen molar-refractivity contribution in [3.8, 4) is 0 Å². The molecule has 0 aliphatic carbocycles. The summed E-state index contributed by atoms with van der Waals surface area (Å²) < 4.78 is 33.4. The average Bonchev–Trinajstić information content (AvgIpc) is 2.78. The fourth-order valence-electron chi connectivity index (χ4n) is 4.43. The van der Waals surface area contributed by atoms with E-state index in [1.54, 1.807) is 35.2 Å². The Kier molecular flexibility index (Phi) is 8.86. The number of carbonyl (C=O) groups is 2. The quantitative estimate of drug-likeness (QED) is 0.276. The number of rotatable bonds is 9. The molecule has 188 valence electrons. The molecule has 12 heteroatoms. The molecule has 0 bridgehead atoms. The van der Waals surface area contributed by atoms with Crippen LogP contribution in [-0.2, 0) is 30.1 Å². The number of hydrogen-bond donors (Lipinski definition) is 4. The summed E-state index contributed by atoms with van der Waals surface area (Å²) in [6.45, 7) is 3.00. The number of amides is 2. The number of guanidine groups is 1. The Labute approximate surface area is 200 Å². The Balaban J connectivity index is 1.58. The molecule has 2 heterocycles. The van der Waals surface area contributed by atoms with Gasteiger partial charge in [0.2, 0.25) is 21.8 Å². The maximum Gasteiger partial charge on any atom is 0.241 e. The van der Waals surface area contributed by atoms with Crippen molar-refractivity contribution in [2.24, 2.45) is 5.73 Å². The number of nitrogens with zero attached hydrogens (tertiary/aromatic N) is 2. The van der Waals surface area contributed by atoms with Crippen molar-refractivity contribution < 1.29 is 22.7 Å². The van der Waals surface area contributed by atoms with Gasteiger partial charge in [-0.05, 0) is 38.2 Å². The van der Waals surface area contributed by atoms with E-state index in [4.69, 9.17) is 15.9 Å². The van der Waals surface area contributed by atoms with Crippen molar-refractivity contribution in [2.45, 2.75) is 56.7 Å². The van der Waals surface area contributed by atoms with Gasteiger partial charge in [-0.3, -0.25) is 15.0 Å². The predicted octanol–water partition coefficient (Wildman–Crippen LogP) is -0.0663. The molecule has 3 rings (SSSR count). The molecule has 2 fully saturated rings. The fraction of sp³-hybridized carbons (Fsp3) is 0.591. The van der Waals surface area contributed by atoms with E-state index >= 15 is 0 Å². The van der Waals surface area contributed by atoms with Crippen molar-refractivity contribution in [3.63, 3.8) is 0 Å². The summed E-state index contributed by atoms with van der Waals surface area (Å²) in [5.74, 6) is -1.10. The molecule has 1 aromatic carbocycles. The van der Waals surface area contributed by atoms with Gasteiger partial charge in [-0.25, -0.2) is 13.1 Å². The summed E-state index contributed by atoms with van der Waals surface area (Å²) in [7, 11) is -3.72. The normalized spacial score (nSPS) is 23.6. The van der Waals surface area contributed by atoms with Crippen LogP contribution in [0.3, 0.4) is 0 Å². The lowest BCUT2D eigenvalue weighted by molar-refractivity contribution is -0.140. The molecule has 2 saturated heterocycles. The highest BCUT2D eigenvalue weighted by Gasteiger charge is 2.36. The van der Waals surface area contributed by atoms with Crippen LogP contribution in [0.5, 0.6) is 0 Å². The molecule has 3 atom stereocenters. The van der Waals surface area contributed by atoms with Crippen LogP contribution in [0.2, 0.25) is 0 Å². The number of nitrogens with two attached hydrogens (primary N) is 1. The average molecular weight is 495 g/mol. The summed E-state index contributed by atoms with van der Waals surface area (Å²) >= 11 is 0. The lowest BCUT2D eigenvalue weighted by Gasteiger charge is -2.41. The molecule has 0 radical (unpaired) electrons. The minimum absolute atomic E-state index is 0.116. The molecule has 0 aromatic heterocycles. The Hall–Kier alpha value is -2.70. The van der Waals surface area contributed by atoms with Crippen LogP contribution in [0.1, 0.15) is 38.2 Å². The first-order valence-electron chi connectivity index (χ1n) is 11.5. The Morgan fingerprint density at radius 3 is 2.59 bits per heavy atom. The summed E-state index contributed by atoms with van der Waals surface area (Å²) in [4.78, 5) is 28.7. The van der Waals surface area contributed by atoms with Crippen LogP contribution in [0.15, 0.2) is 30.3 Å². The van der Waals surface area contributed by atoms with Gasteiger partial charge in [-0.2, -0.15) is 0 Å². The van der Waals surface area contributed by atoms with E-state index in [-0.39, 0.29) is 30.2 Å². The lowest BCUT2D eigenvalue weighted by atomic mass is 10.0. The molecule has 2 aliphatic rings. The van der Waals surface area contributed by atoms with Gasteiger partial charge in [0.05, 0.1) is 18.3 Å². The van der Waals surface area contributed by atoms with Crippen LogP contribution in [0.25, 0.3) is 0 Å². The third-order valence-corrected chi connectivity index (χ3v) is 7.30. The highest BCUT2D eigenvalue weighted by Crippen LogP contribution is 2.19. The lowest BCUT2D eigenvalue weighted by Crippen LogP contribution is -2.61. The molecule has 5 N–H and O–H groups in total. The predicted molar refractivity (Wildman–Crippen MR) is 127 cm³/mol. The van der Waals surface area contributed by atoms with Gasteiger partial charge in [0.15, 0.2) is 12.2 Å². The SMILES string of the molecule is CCOC1C(NC(=O)CN2CCCC(NS(=O)(=O)Cc3ccccc3)C2=O)CCCN1C(=N)N. The molecule has 3 unspecified atom stereocenters. The molecule has 2 amide bonds. The van der Waals surface area contributed by atoms with Gasteiger partial charge in [0.1, 0.15) is 6.04 Å². The van der Waals surface area contributed by atoms with Gasteiger partial charge >= 0.3 is 0 Å². The molecular weight excluding hydrogens is 460 g/mol.